The second kappa shape index (κ2) is 3.53. The van der Waals surface area contributed by atoms with E-state index >= 15 is 0 Å². The second-order valence-corrected chi connectivity index (χ2v) is 5.29. The molecule has 0 spiro atoms. The van der Waals surface area contributed by atoms with Crippen LogP contribution < -0.4 is 0 Å². The highest BCUT2D eigenvalue weighted by atomic mass is 32.2. The van der Waals surface area contributed by atoms with Crippen molar-refractivity contribution in [3.05, 3.63) is 12.2 Å². The number of allylic oxidation sites excluding steroid dienone is 2. The molecule has 1 N–H and O–H groups in total. The summed E-state index contributed by atoms with van der Waals surface area (Å²) in [6.07, 6.45) is 3.64. The molecule has 0 aromatic heterocycles. The summed E-state index contributed by atoms with van der Waals surface area (Å²) < 4.78 is 71.5. The molecular weight excluding hydrogens is 248 g/mol. The summed E-state index contributed by atoms with van der Waals surface area (Å²) in [6, 6.07) is 0. The number of alkyl halides is 4. The Bertz CT molecular complexity index is 355. The summed E-state index contributed by atoms with van der Waals surface area (Å²) in [6.45, 7) is 0. The molecule has 2 rings (SSSR count). The molecule has 7 heteroatoms. The lowest BCUT2D eigenvalue weighted by atomic mass is 9.87. The van der Waals surface area contributed by atoms with Gasteiger partial charge in [-0.1, -0.05) is 12.2 Å². The topological polar surface area (TPSA) is 37.3 Å². The van der Waals surface area contributed by atoms with Crippen LogP contribution in [0.25, 0.3) is 0 Å². The lowest BCUT2D eigenvalue weighted by Crippen LogP contribution is -2.50. The standard InChI is InChI=1S/C9H10F4O2S/c10-8(11,9(12,13)16(14)15)7-4-5-1-2-6(7)3-5/h1-2,5-7H,3-4H2,(H,14,15). The van der Waals surface area contributed by atoms with E-state index in [2.05, 4.69) is 0 Å². The maximum atomic E-state index is 13.5. The van der Waals surface area contributed by atoms with Gasteiger partial charge in [0.05, 0.1) is 0 Å². The zero-order chi connectivity index (χ0) is 12.1. The predicted octanol–water partition coefficient (Wildman–Crippen LogP) is 2.65. The van der Waals surface area contributed by atoms with E-state index in [-0.39, 0.29) is 12.3 Å². The maximum Gasteiger partial charge on any atom is 0.406 e. The van der Waals surface area contributed by atoms with Crippen LogP contribution in [0, 0.1) is 17.8 Å². The third kappa shape index (κ3) is 1.52. The lowest BCUT2D eigenvalue weighted by molar-refractivity contribution is -0.195. The van der Waals surface area contributed by atoms with Gasteiger partial charge in [-0.05, 0) is 24.7 Å². The molecule has 0 aromatic carbocycles. The van der Waals surface area contributed by atoms with E-state index in [1.807, 2.05) is 0 Å². The van der Waals surface area contributed by atoms with Gasteiger partial charge >= 0.3 is 11.2 Å². The van der Waals surface area contributed by atoms with Crippen LogP contribution in [0.1, 0.15) is 12.8 Å². The van der Waals surface area contributed by atoms with E-state index in [0.29, 0.717) is 6.42 Å². The van der Waals surface area contributed by atoms with Crippen molar-refractivity contribution in [1.29, 1.82) is 0 Å². The molecule has 0 heterocycles. The molecule has 2 aliphatic rings. The Balaban J connectivity index is 2.26. The normalized spacial score (nSPS) is 35.7. The first-order valence-electron chi connectivity index (χ1n) is 4.81. The average molecular weight is 258 g/mol. The molecule has 4 atom stereocenters. The molecule has 2 aliphatic carbocycles. The zero-order valence-electron chi connectivity index (χ0n) is 8.08. The zero-order valence-corrected chi connectivity index (χ0v) is 8.89. The molecule has 0 aromatic rings. The van der Waals surface area contributed by atoms with Gasteiger partial charge in [0.2, 0.25) is 11.1 Å². The van der Waals surface area contributed by atoms with Crippen LogP contribution in [-0.4, -0.2) is 19.9 Å². The Morgan fingerprint density at radius 2 is 1.81 bits per heavy atom. The summed E-state index contributed by atoms with van der Waals surface area (Å²) in [7, 11) is 0. The fraction of sp³-hybridized carbons (Fsp3) is 0.778. The molecule has 4 unspecified atom stereocenters. The van der Waals surface area contributed by atoms with Crippen LogP contribution >= 0.6 is 0 Å². The summed E-state index contributed by atoms with van der Waals surface area (Å²) in [5, 5.41) is -4.88. The lowest BCUT2D eigenvalue weighted by Gasteiger charge is -2.32. The Kier molecular flexibility index (Phi) is 2.66. The maximum absolute atomic E-state index is 13.5. The van der Waals surface area contributed by atoms with Crippen LogP contribution in [0.5, 0.6) is 0 Å². The van der Waals surface area contributed by atoms with Crippen LogP contribution in [0.4, 0.5) is 17.6 Å². The Morgan fingerprint density at radius 3 is 2.19 bits per heavy atom. The molecule has 1 fully saturated rings. The minimum atomic E-state index is -4.88. The van der Waals surface area contributed by atoms with Crippen molar-refractivity contribution in [3.63, 3.8) is 0 Å². The van der Waals surface area contributed by atoms with Crippen molar-refractivity contribution < 1.29 is 26.3 Å². The fourth-order valence-corrected chi connectivity index (χ4v) is 2.91. The van der Waals surface area contributed by atoms with Gasteiger partial charge in [-0.15, -0.1) is 0 Å². The Morgan fingerprint density at radius 1 is 1.19 bits per heavy atom. The van der Waals surface area contributed by atoms with Crippen molar-refractivity contribution in [2.45, 2.75) is 24.0 Å². The number of hydrogen-bond donors (Lipinski definition) is 1. The SMILES string of the molecule is O=S(O)C(F)(F)C(F)(F)C1CC2C=CC1C2. The average Bonchev–Trinajstić information content (AvgIpc) is 2.77. The number of halogens is 4. The van der Waals surface area contributed by atoms with Crippen LogP contribution in [0.2, 0.25) is 0 Å². The van der Waals surface area contributed by atoms with Crippen LogP contribution in [0.3, 0.4) is 0 Å². The van der Waals surface area contributed by atoms with Gasteiger partial charge in [-0.2, -0.15) is 17.6 Å². The number of hydrogen-bond acceptors (Lipinski definition) is 1. The van der Waals surface area contributed by atoms with Crippen molar-refractivity contribution in [3.8, 4) is 0 Å². The summed E-state index contributed by atoms with van der Waals surface area (Å²) in [4.78, 5) is 0. The van der Waals surface area contributed by atoms with Gasteiger partial charge in [0.15, 0.2) is 0 Å². The molecule has 0 saturated heterocycles. The Labute approximate surface area is 92.0 Å². The molecular formula is C9H10F4O2S. The van der Waals surface area contributed by atoms with Gasteiger partial charge in [0.25, 0.3) is 0 Å². The third-order valence-corrected chi connectivity index (χ3v) is 4.06. The molecule has 0 aliphatic heterocycles. The van der Waals surface area contributed by atoms with Crippen molar-refractivity contribution in [2.75, 3.05) is 0 Å². The van der Waals surface area contributed by atoms with E-state index in [1.54, 1.807) is 6.08 Å². The highest BCUT2D eigenvalue weighted by molar-refractivity contribution is 7.80. The molecule has 0 amide bonds. The molecule has 2 bridgehead atoms. The highest BCUT2D eigenvalue weighted by Gasteiger charge is 2.67. The first-order chi connectivity index (χ1) is 7.26. The first kappa shape index (κ1) is 12.0. The van der Waals surface area contributed by atoms with E-state index in [0.717, 1.165) is 0 Å². The predicted molar refractivity (Wildman–Crippen MR) is 49.5 cm³/mol. The molecule has 2 nitrogen and oxygen atoms in total. The van der Waals surface area contributed by atoms with Crippen molar-refractivity contribution in [1.82, 2.24) is 0 Å². The first-order valence-corrected chi connectivity index (χ1v) is 5.92. The molecule has 92 valence electrons. The largest absolute Gasteiger partial charge is 0.406 e. The van der Waals surface area contributed by atoms with Crippen molar-refractivity contribution in [2.24, 2.45) is 17.8 Å². The minimum Gasteiger partial charge on any atom is -0.301 e. The van der Waals surface area contributed by atoms with Crippen LogP contribution in [0.15, 0.2) is 12.2 Å². The van der Waals surface area contributed by atoms with Gasteiger partial charge in [0.1, 0.15) is 0 Å². The summed E-state index contributed by atoms with van der Waals surface area (Å²) in [5.74, 6) is -6.66. The second-order valence-electron chi connectivity index (χ2n) is 4.28. The van der Waals surface area contributed by atoms with E-state index in [9.17, 15) is 21.8 Å². The molecule has 1 saturated carbocycles. The number of fused-ring (bicyclic) bond motifs is 2. The van der Waals surface area contributed by atoms with Gasteiger partial charge in [-0.25, -0.2) is 4.21 Å². The van der Waals surface area contributed by atoms with E-state index < -0.39 is 34.1 Å². The smallest absolute Gasteiger partial charge is 0.301 e. The van der Waals surface area contributed by atoms with E-state index in [4.69, 9.17) is 4.55 Å². The summed E-state index contributed by atoms with van der Waals surface area (Å²) >= 11 is -3.85. The third-order valence-electron chi connectivity index (χ3n) is 3.35. The Hall–Kier alpha value is -0.430. The summed E-state index contributed by atoms with van der Waals surface area (Å²) in [5.41, 5.74) is 0. The molecule has 16 heavy (non-hydrogen) atoms. The van der Waals surface area contributed by atoms with E-state index in [1.165, 1.54) is 6.08 Å². The quantitative estimate of drug-likeness (QED) is 0.480. The van der Waals surface area contributed by atoms with Gasteiger partial charge in [0, 0.05) is 5.92 Å². The van der Waals surface area contributed by atoms with Gasteiger partial charge < -0.3 is 4.55 Å². The van der Waals surface area contributed by atoms with Crippen molar-refractivity contribution >= 4 is 11.1 Å². The van der Waals surface area contributed by atoms with Gasteiger partial charge in [-0.3, -0.25) is 0 Å². The fourth-order valence-electron chi connectivity index (χ4n) is 2.53. The molecule has 0 radical (unpaired) electrons. The minimum absolute atomic E-state index is 0.0407. The van der Waals surface area contributed by atoms with Crippen LogP contribution in [-0.2, 0) is 11.1 Å². The monoisotopic (exact) mass is 258 g/mol. The number of rotatable bonds is 3. The highest BCUT2D eigenvalue weighted by Crippen LogP contribution is 2.55.